The molecule has 4 aromatic heterocycles. The Morgan fingerprint density at radius 2 is 1.53 bits per heavy atom. The Morgan fingerprint density at radius 1 is 0.776 bits per heavy atom. The minimum absolute atomic E-state index is 0. The van der Waals surface area contributed by atoms with Crippen LogP contribution < -0.4 is 0 Å². The number of thiazole rings is 1. The van der Waals surface area contributed by atoms with Crippen LogP contribution in [-0.4, -0.2) is 15.0 Å². The van der Waals surface area contributed by atoms with Crippen molar-refractivity contribution in [2.24, 2.45) is 0 Å². The van der Waals surface area contributed by atoms with E-state index in [1.54, 1.807) is 17.4 Å². The van der Waals surface area contributed by atoms with Crippen LogP contribution in [-0.2, 0) is 25.5 Å². The third kappa shape index (κ3) is 6.87. The topological polar surface area (TPSA) is 51.8 Å². The number of furan rings is 1. The molecule has 0 N–H and O–H groups in total. The van der Waals surface area contributed by atoms with Crippen LogP contribution in [0, 0.1) is 39.7 Å². The minimum atomic E-state index is -2.61. The van der Waals surface area contributed by atoms with Gasteiger partial charge in [0.25, 0.3) is 0 Å². The first-order valence-corrected chi connectivity index (χ1v) is 16.5. The van der Waals surface area contributed by atoms with E-state index in [-0.39, 0.29) is 42.3 Å². The Bertz CT molecular complexity index is 2640. The first kappa shape index (κ1) is 27.4. The number of aromatic nitrogens is 3. The van der Waals surface area contributed by atoms with Crippen LogP contribution >= 0.6 is 11.3 Å². The number of rotatable bonds is 3. The molecule has 8 aromatic rings. The normalized spacial score (nSPS) is 13.7. The molecular weight excluding hydrogens is 799 g/mol. The Balaban J connectivity index is 0.000000209. The summed E-state index contributed by atoms with van der Waals surface area (Å²) < 4.78 is 54.0. The molecule has 247 valence electrons. The third-order valence-corrected chi connectivity index (χ3v) is 9.64. The summed E-state index contributed by atoms with van der Waals surface area (Å²) in [6, 6.07) is 34.1. The van der Waals surface area contributed by atoms with Gasteiger partial charge in [-0.15, -0.1) is 64.9 Å². The summed E-state index contributed by atoms with van der Waals surface area (Å²) in [6.45, 7) is 5.31. The third-order valence-electron chi connectivity index (χ3n) is 8.19. The molecule has 8 rings (SSSR count). The summed E-state index contributed by atoms with van der Waals surface area (Å²) in [5.74, 6) is 0. The predicted octanol–water partition coefficient (Wildman–Crippen LogP) is 11.8. The van der Waals surface area contributed by atoms with Crippen molar-refractivity contribution < 1.29 is 32.7 Å². The van der Waals surface area contributed by atoms with Crippen LogP contribution in [0.15, 0.2) is 102 Å². The fraction of sp³-hybridized carbons (Fsp3) is 0.186. The number of nitrogens with zero attached hydrogens (tertiary/aromatic N) is 3. The minimum Gasteiger partial charge on any atom is -0.498 e. The molecule has 0 aliphatic carbocycles. The zero-order valence-corrected chi connectivity index (χ0v) is 30.9. The van der Waals surface area contributed by atoms with Gasteiger partial charge in [0.05, 0.1) is 15.3 Å². The van der Waals surface area contributed by atoms with Crippen molar-refractivity contribution in [3.63, 3.8) is 0 Å². The van der Waals surface area contributed by atoms with Crippen molar-refractivity contribution in [2.45, 2.75) is 53.7 Å². The maximum Gasteiger partial charge on any atom is 0.148 e. The van der Waals surface area contributed by atoms with Gasteiger partial charge in [-0.3, -0.25) is 0 Å². The molecule has 0 spiro atoms. The number of benzene rings is 4. The summed E-state index contributed by atoms with van der Waals surface area (Å²) in [6.07, 6.45) is 3.05. The van der Waals surface area contributed by atoms with E-state index in [1.807, 2.05) is 36.5 Å². The van der Waals surface area contributed by atoms with Crippen LogP contribution in [0.3, 0.4) is 0 Å². The smallest absolute Gasteiger partial charge is 0.148 e. The van der Waals surface area contributed by atoms with Crippen LogP contribution in [0.25, 0.3) is 65.8 Å². The first-order chi connectivity index (χ1) is 25.5. The van der Waals surface area contributed by atoms with Crippen molar-refractivity contribution in [1.82, 2.24) is 15.0 Å². The summed E-state index contributed by atoms with van der Waals surface area (Å²) in [5.41, 5.74) is 8.90. The largest absolute Gasteiger partial charge is 0.498 e. The summed E-state index contributed by atoms with van der Waals surface area (Å²) in [4.78, 5) is 13.7. The molecular formula is C43H37IrN3OS-2. The second-order valence-electron chi connectivity index (χ2n) is 12.9. The quantitative estimate of drug-likeness (QED) is 0.166. The van der Waals surface area contributed by atoms with E-state index in [1.165, 1.54) is 28.3 Å². The molecule has 0 bridgehead atoms. The average molecular weight is 842 g/mol. The summed E-state index contributed by atoms with van der Waals surface area (Å²) in [5, 5.41) is 2.72. The molecule has 4 nitrogen and oxygen atoms in total. The zero-order chi connectivity index (χ0) is 38.6. The van der Waals surface area contributed by atoms with Gasteiger partial charge in [-0.2, -0.15) is 0 Å². The van der Waals surface area contributed by atoms with Crippen LogP contribution in [0.2, 0.25) is 0 Å². The summed E-state index contributed by atoms with van der Waals surface area (Å²) >= 11 is 1.63. The van der Waals surface area contributed by atoms with Gasteiger partial charge < -0.3 is 14.4 Å². The predicted molar refractivity (Wildman–Crippen MR) is 201 cm³/mol. The fourth-order valence-corrected chi connectivity index (χ4v) is 6.58. The number of fused-ring (bicyclic) bond motifs is 5. The van der Waals surface area contributed by atoms with Gasteiger partial charge in [0.1, 0.15) is 11.1 Å². The monoisotopic (exact) mass is 842 g/mol. The van der Waals surface area contributed by atoms with Gasteiger partial charge in [-0.1, -0.05) is 92.7 Å². The van der Waals surface area contributed by atoms with Gasteiger partial charge in [0.2, 0.25) is 0 Å². The molecule has 0 aliphatic heterocycles. The molecule has 4 aromatic carbocycles. The van der Waals surface area contributed by atoms with E-state index in [0.717, 1.165) is 43.5 Å². The number of aryl methyl sites for hydroxylation is 4. The first-order valence-electron chi connectivity index (χ1n) is 18.7. The molecule has 0 aliphatic rings. The Morgan fingerprint density at radius 3 is 2.27 bits per heavy atom. The molecule has 0 atom stereocenters. The van der Waals surface area contributed by atoms with E-state index in [4.69, 9.17) is 17.6 Å². The van der Waals surface area contributed by atoms with Gasteiger partial charge in [0, 0.05) is 51.5 Å². The molecule has 6 heteroatoms. The van der Waals surface area contributed by atoms with Gasteiger partial charge in [-0.05, 0) is 60.3 Å². The Hall–Kier alpha value is -4.48. The second kappa shape index (κ2) is 13.8. The van der Waals surface area contributed by atoms with Crippen LogP contribution in [0.5, 0.6) is 0 Å². The second-order valence-corrected chi connectivity index (χ2v) is 13.9. The maximum absolute atomic E-state index is 7.86. The molecule has 49 heavy (non-hydrogen) atoms. The van der Waals surface area contributed by atoms with Crippen molar-refractivity contribution in [2.75, 3.05) is 0 Å². The molecule has 1 radical (unpaired) electrons. The van der Waals surface area contributed by atoms with Crippen LogP contribution in [0.1, 0.15) is 56.3 Å². The maximum atomic E-state index is 7.86. The number of hydrogen-bond acceptors (Lipinski definition) is 5. The van der Waals surface area contributed by atoms with Gasteiger partial charge in [0.15, 0.2) is 0 Å². The van der Waals surface area contributed by atoms with E-state index in [9.17, 15) is 0 Å². The van der Waals surface area contributed by atoms with Gasteiger partial charge >= 0.3 is 0 Å². The van der Waals surface area contributed by atoms with E-state index in [2.05, 4.69) is 99.2 Å². The van der Waals surface area contributed by atoms with Crippen molar-refractivity contribution in [1.29, 1.82) is 0 Å². The van der Waals surface area contributed by atoms with Crippen molar-refractivity contribution in [3.8, 4) is 33.6 Å². The number of hydrogen-bond donors (Lipinski definition) is 0. The van der Waals surface area contributed by atoms with Crippen molar-refractivity contribution in [3.05, 3.63) is 137 Å². The SMILES string of the molecule is Cc1c[c-]c(-c2cc(-c3ccccc3)c(C)cn2)cc1.[2H]C([2H])([2H])c1cnc(-c2[c-]ccc3c2oc2c3ccc3sc(C(C)(C)C)nc32)cc1C([2H])([2H])[2H].[Ir]. The molecule has 0 unspecified atom stereocenters. The van der Waals surface area contributed by atoms with E-state index >= 15 is 0 Å². The molecule has 4 heterocycles. The molecule has 0 saturated heterocycles. The Labute approximate surface area is 314 Å². The molecule has 0 fully saturated rings. The molecule has 0 amide bonds. The number of pyridine rings is 2. The van der Waals surface area contributed by atoms with E-state index < -0.39 is 13.7 Å². The molecule has 0 saturated carbocycles. The van der Waals surface area contributed by atoms with Crippen molar-refractivity contribution >= 4 is 43.5 Å². The summed E-state index contributed by atoms with van der Waals surface area (Å²) in [7, 11) is 0. The zero-order valence-electron chi connectivity index (χ0n) is 33.7. The van der Waals surface area contributed by atoms with Gasteiger partial charge in [-0.25, -0.2) is 4.98 Å². The average Bonchev–Trinajstić information content (AvgIpc) is 3.75. The standard InChI is InChI=1S/C24H21N2OS.C19H16N.Ir/c1-13-11-18(25-12-14(13)2)17-8-6-7-15-16-9-10-19-20(22(16)27-21(15)17)26-23(28-19)24(3,4)5;1-14-8-10-17(11-9-14)19-12-18(15(2)13-20-19)16-6-4-3-5-7-16;/h6-7,9-12H,1-5H3;3-10,12-13H,1-2H3;/q2*-1;/i1D3,2D3;;. The fourth-order valence-electron chi connectivity index (χ4n) is 5.55. The van der Waals surface area contributed by atoms with Crippen LogP contribution in [0.4, 0.5) is 0 Å². The van der Waals surface area contributed by atoms with E-state index in [0.29, 0.717) is 16.7 Å². The Kier molecular flexibility index (Phi) is 7.70.